The number of rotatable bonds is 6. The average molecular weight is 722 g/mol. The minimum absolute atomic E-state index is 0.0904. The fourth-order valence-corrected chi connectivity index (χ4v) is 10.2. The van der Waals surface area contributed by atoms with E-state index in [4.69, 9.17) is 4.74 Å². The molecular formula is C32H44IN5O4S. The van der Waals surface area contributed by atoms with Crippen LogP contribution in [0.4, 0.5) is 16.2 Å². The van der Waals surface area contributed by atoms with Crippen LogP contribution in [0.5, 0.6) is 0 Å². The number of pyridine rings is 1. The van der Waals surface area contributed by atoms with Crippen LogP contribution in [-0.4, -0.2) is 83.8 Å². The lowest BCUT2D eigenvalue weighted by Gasteiger charge is -2.50. The Labute approximate surface area is 268 Å². The number of carbonyl (C=O) groups is 2. The van der Waals surface area contributed by atoms with Crippen molar-refractivity contribution < 1.29 is 14.3 Å². The molecule has 2 aromatic rings. The van der Waals surface area contributed by atoms with E-state index in [9.17, 15) is 14.4 Å². The first-order valence-electron chi connectivity index (χ1n) is 15.3. The molecular weight excluding hydrogens is 677 g/mol. The molecule has 0 atom stereocenters. The predicted octanol–water partition coefficient (Wildman–Crippen LogP) is 5.64. The summed E-state index contributed by atoms with van der Waals surface area (Å²) < 4.78 is 7.51. The molecule has 4 heterocycles. The number of likely N-dealkylation sites (tertiary alicyclic amines) is 1. The van der Waals surface area contributed by atoms with E-state index in [1.54, 1.807) is 6.20 Å². The first-order valence-corrected chi connectivity index (χ1v) is 19.0. The number of benzene rings is 1. The highest BCUT2D eigenvalue weighted by Gasteiger charge is 2.42. The lowest BCUT2D eigenvalue weighted by molar-refractivity contribution is 0.0163. The largest absolute Gasteiger partial charge is 0.444 e. The number of amides is 2. The number of hydrogen-bond acceptors (Lipinski definition) is 7. The monoisotopic (exact) mass is 721 g/mol. The summed E-state index contributed by atoms with van der Waals surface area (Å²) in [6, 6.07) is 8.02. The second-order valence-electron chi connectivity index (χ2n) is 12.4. The van der Waals surface area contributed by atoms with Gasteiger partial charge >= 0.3 is 6.09 Å². The number of H-pyrrole nitrogens is 1. The minimum atomic E-state index is -0.549. The molecule has 43 heavy (non-hydrogen) atoms. The zero-order chi connectivity index (χ0) is 30.8. The van der Waals surface area contributed by atoms with Gasteiger partial charge in [0.15, 0.2) is 0 Å². The number of alkyl halides is 1. The van der Waals surface area contributed by atoms with Gasteiger partial charge < -0.3 is 29.7 Å². The summed E-state index contributed by atoms with van der Waals surface area (Å²) in [5, 5.41) is 3.62. The van der Waals surface area contributed by atoms with E-state index in [-0.39, 0.29) is 23.1 Å². The first kappa shape index (κ1) is 31.9. The van der Waals surface area contributed by atoms with Gasteiger partial charge in [-0.25, -0.2) is 4.79 Å². The molecule has 0 bridgehead atoms. The molecule has 0 unspecified atom stereocenters. The van der Waals surface area contributed by atoms with Crippen molar-refractivity contribution in [2.45, 2.75) is 71.4 Å². The Hall–Kier alpha value is -2.54. The third-order valence-electron chi connectivity index (χ3n) is 8.61. The SMILES string of the molecule is CCc1cc(NC2=ICN(C3(CC)CCN(C(=O)OC(C)(C)C)CC3)c3cc[nH]c(=O)c32)ccc1C(=O)N1CCSCC1. The summed E-state index contributed by atoms with van der Waals surface area (Å²) in [5.74, 6) is 2.09. The highest BCUT2D eigenvalue weighted by molar-refractivity contribution is 14.2. The molecule has 5 rings (SSSR count). The van der Waals surface area contributed by atoms with Crippen molar-refractivity contribution >= 4 is 59.5 Å². The number of nitrogens with one attached hydrogen (secondary N) is 2. The molecule has 2 amide bonds. The third kappa shape index (κ3) is 6.92. The van der Waals surface area contributed by atoms with Gasteiger partial charge in [0.25, 0.3) is 11.5 Å². The number of fused-ring (bicyclic) bond motifs is 1. The Balaban J connectivity index is 1.37. The number of piperidine rings is 1. The van der Waals surface area contributed by atoms with E-state index in [0.717, 1.165) is 81.0 Å². The number of aryl methyl sites for hydroxylation is 1. The predicted molar refractivity (Wildman–Crippen MR) is 185 cm³/mol. The molecule has 234 valence electrons. The van der Waals surface area contributed by atoms with Crippen LogP contribution in [0.1, 0.15) is 75.4 Å². The number of carbonyl (C=O) groups excluding carboxylic acids is 2. The van der Waals surface area contributed by atoms with Crippen LogP contribution in [-0.2, 0) is 11.2 Å². The zero-order valence-electron chi connectivity index (χ0n) is 25.9. The highest BCUT2D eigenvalue weighted by atomic mass is 127. The number of hydrogen-bond donors (Lipinski definition) is 2. The molecule has 2 saturated heterocycles. The Bertz CT molecular complexity index is 1440. The second-order valence-corrected chi connectivity index (χ2v) is 16.1. The van der Waals surface area contributed by atoms with Crippen LogP contribution in [0.25, 0.3) is 0 Å². The Morgan fingerprint density at radius 3 is 2.44 bits per heavy atom. The van der Waals surface area contributed by atoms with E-state index >= 15 is 0 Å². The number of anilines is 2. The van der Waals surface area contributed by atoms with Crippen LogP contribution in [0.3, 0.4) is 0 Å². The molecule has 2 fully saturated rings. The van der Waals surface area contributed by atoms with Gasteiger partial charge in [0.1, 0.15) is 5.60 Å². The quantitative estimate of drug-likeness (QED) is 0.226. The fourth-order valence-electron chi connectivity index (χ4n) is 6.12. The maximum atomic E-state index is 13.4. The summed E-state index contributed by atoms with van der Waals surface area (Å²) in [6.45, 7) is 12.8. The van der Waals surface area contributed by atoms with Gasteiger partial charge in [-0.05, 0) is 76.3 Å². The van der Waals surface area contributed by atoms with E-state index in [1.165, 1.54) is 0 Å². The molecule has 11 heteroatoms. The summed E-state index contributed by atoms with van der Waals surface area (Å²) in [6.07, 6.45) is 4.82. The number of halogens is 1. The lowest BCUT2D eigenvalue weighted by Crippen LogP contribution is -2.57. The van der Waals surface area contributed by atoms with Gasteiger partial charge in [-0.15, -0.1) is 0 Å². The van der Waals surface area contributed by atoms with Gasteiger partial charge in [-0.1, -0.05) is 34.6 Å². The van der Waals surface area contributed by atoms with E-state index in [1.807, 2.05) is 60.5 Å². The highest BCUT2D eigenvalue weighted by Crippen LogP contribution is 2.41. The van der Waals surface area contributed by atoms with Crippen molar-refractivity contribution in [3.8, 4) is 0 Å². The summed E-state index contributed by atoms with van der Waals surface area (Å²) >= 11 is 1.35. The molecule has 0 aliphatic carbocycles. The van der Waals surface area contributed by atoms with Crippen molar-refractivity contribution in [3.05, 3.63) is 57.5 Å². The van der Waals surface area contributed by atoms with Crippen LogP contribution < -0.4 is 15.8 Å². The topological polar surface area (TPSA) is 98.0 Å². The Morgan fingerprint density at radius 2 is 1.79 bits per heavy atom. The first-order chi connectivity index (χ1) is 20.5. The normalized spacial score (nSPS) is 18.7. The number of nitrogens with zero attached hydrogens (tertiary/aromatic N) is 3. The minimum Gasteiger partial charge on any atom is -0.444 e. The Kier molecular flexibility index (Phi) is 9.79. The van der Waals surface area contributed by atoms with E-state index < -0.39 is 26.3 Å². The van der Waals surface area contributed by atoms with Crippen LogP contribution in [0, 0.1) is 0 Å². The van der Waals surface area contributed by atoms with Crippen molar-refractivity contribution in [2.75, 3.05) is 52.5 Å². The smallest absolute Gasteiger partial charge is 0.410 e. The molecule has 1 aromatic heterocycles. The van der Waals surface area contributed by atoms with Crippen LogP contribution >= 0.6 is 32.5 Å². The Morgan fingerprint density at radius 1 is 1.07 bits per heavy atom. The molecule has 0 saturated carbocycles. The molecule has 2 N–H and O–H groups in total. The van der Waals surface area contributed by atoms with Crippen molar-refractivity contribution in [1.82, 2.24) is 14.8 Å². The summed E-state index contributed by atoms with van der Waals surface area (Å²) in [7, 11) is 0. The van der Waals surface area contributed by atoms with Gasteiger partial charge in [-0.2, -0.15) is 11.8 Å². The van der Waals surface area contributed by atoms with Gasteiger partial charge in [0.2, 0.25) is 0 Å². The van der Waals surface area contributed by atoms with Gasteiger partial charge in [0.05, 0.1) is 19.4 Å². The van der Waals surface area contributed by atoms with Crippen LogP contribution in [0.15, 0.2) is 35.3 Å². The average Bonchev–Trinajstić information content (AvgIpc) is 3.00. The molecule has 3 aliphatic heterocycles. The lowest BCUT2D eigenvalue weighted by atomic mass is 9.83. The molecule has 1 aromatic carbocycles. The van der Waals surface area contributed by atoms with Crippen molar-refractivity contribution in [3.63, 3.8) is 0 Å². The molecule has 9 nitrogen and oxygen atoms in total. The number of ether oxygens (including phenoxy) is 1. The molecule has 0 spiro atoms. The van der Waals surface area contributed by atoms with Gasteiger partial charge in [0, 0.05) is 60.7 Å². The van der Waals surface area contributed by atoms with Crippen molar-refractivity contribution in [2.24, 2.45) is 0 Å². The molecule has 0 radical (unpaired) electrons. The molecule has 3 aliphatic rings. The van der Waals surface area contributed by atoms with Crippen molar-refractivity contribution in [1.29, 1.82) is 0 Å². The second kappa shape index (κ2) is 13.2. The standard InChI is InChI=1S/C32H44IN5O4S/c1-6-22-20-23(8-9-24(22)29(40)36-16-18-43-19-17-36)35-27-26-25(10-13-34-28(26)39)38(21-33-27)32(7-2)11-14-37(15-12-32)30(41)42-31(3,4)5/h8-10,13,20,35H,6-7,11-12,14-19,21H2,1-5H3,(H,34,39). The zero-order valence-corrected chi connectivity index (χ0v) is 28.9. The summed E-state index contributed by atoms with van der Waals surface area (Å²) in [4.78, 5) is 48.5. The van der Waals surface area contributed by atoms with Gasteiger partial charge in [-0.3, -0.25) is 9.59 Å². The number of aromatic amines is 1. The van der Waals surface area contributed by atoms with E-state index in [0.29, 0.717) is 18.7 Å². The maximum Gasteiger partial charge on any atom is 0.410 e. The number of aromatic nitrogens is 1. The van der Waals surface area contributed by atoms with Crippen LogP contribution in [0.2, 0.25) is 0 Å². The fraction of sp³-hybridized carbons (Fsp3) is 0.562. The summed E-state index contributed by atoms with van der Waals surface area (Å²) in [5.41, 5.74) is 3.64. The number of thioether (sulfide) groups is 1. The third-order valence-corrected chi connectivity index (χ3v) is 12.1. The maximum absolute atomic E-state index is 13.4. The van der Waals surface area contributed by atoms with E-state index in [2.05, 4.69) is 35.1 Å².